The van der Waals surface area contributed by atoms with Gasteiger partial charge in [0.05, 0.1) is 44.7 Å². The van der Waals surface area contributed by atoms with Crippen LogP contribution in [0.25, 0.3) is 0 Å². The van der Waals surface area contributed by atoms with Crippen molar-refractivity contribution in [2.24, 2.45) is 11.8 Å². The number of hydrogen-bond donors (Lipinski definition) is 1. The first-order valence-electron chi connectivity index (χ1n) is 28.9. The van der Waals surface area contributed by atoms with Gasteiger partial charge in [-0.05, 0) is 60.4 Å². The second-order valence-electron chi connectivity index (χ2n) is 21.3. The minimum Gasteiger partial charge on any atom is -0.371 e. The predicted octanol–water partition coefficient (Wildman–Crippen LogP) is 15.9. The maximum absolute atomic E-state index is 14.2. The van der Waals surface area contributed by atoms with Gasteiger partial charge in [0.1, 0.15) is 12.2 Å². The normalized spacial score (nSPS) is 20.9. The summed E-state index contributed by atoms with van der Waals surface area (Å²) in [7, 11) is 0. The van der Waals surface area contributed by atoms with Crippen molar-refractivity contribution in [2.75, 3.05) is 13.2 Å². The zero-order valence-corrected chi connectivity index (χ0v) is 45.3. The predicted molar refractivity (Wildman–Crippen MR) is 292 cm³/mol. The maximum atomic E-state index is 14.2. The zero-order chi connectivity index (χ0) is 52.0. The number of rotatable bonds is 37. The standard InChI is InChI=1S/C64H91F2NO7/c1-4-5-6-7-8-9-10-11-12-16-19-31-40-58(69-45-52-34-25-21-26-35-52)62(70-46-53-36-27-22-28-37-53)57(67-60(68)41-32-20-17-14-13-15-18-24-33-51-42-43-55(65)56(66)44-51)47-71-63-50(3)49(2)61-59(73-63)48-72-64(74-61)54-38-29-23-30-39-54/h21-23,25-30,34-39,42-44,49-50,57-59,61-64H,4-20,24,31-33,40-41,45-48H2,1-3H3,(H,67,68)/t49-,50?,57+,58-,59?,61-,62+,63+,64?/m1/s1. The Morgan fingerprint density at radius 1 is 0.608 bits per heavy atom. The number of unbranched alkanes of at least 4 members (excludes halogenated alkanes) is 18. The van der Waals surface area contributed by atoms with Crippen molar-refractivity contribution in [1.29, 1.82) is 0 Å². The fourth-order valence-corrected chi connectivity index (χ4v) is 10.6. The molecule has 2 saturated heterocycles. The van der Waals surface area contributed by atoms with Crippen LogP contribution in [0.5, 0.6) is 0 Å². The number of carbonyl (C=O) groups is 1. The average Bonchev–Trinajstić information content (AvgIpc) is 3.43. The number of fused-ring (bicyclic) bond motifs is 1. The topological polar surface area (TPSA) is 84.5 Å². The third-order valence-corrected chi connectivity index (χ3v) is 15.3. The highest BCUT2D eigenvalue weighted by atomic mass is 19.2. The van der Waals surface area contributed by atoms with Crippen molar-refractivity contribution in [3.63, 3.8) is 0 Å². The maximum Gasteiger partial charge on any atom is 0.220 e. The first-order chi connectivity index (χ1) is 36.3. The molecular formula is C64H91F2NO7. The molecule has 408 valence electrons. The van der Waals surface area contributed by atoms with Gasteiger partial charge in [0.25, 0.3) is 0 Å². The summed E-state index contributed by atoms with van der Waals surface area (Å²) in [6, 6.07) is 34.3. The highest BCUT2D eigenvalue weighted by Gasteiger charge is 2.47. The number of ether oxygens (including phenoxy) is 6. The fourth-order valence-electron chi connectivity index (χ4n) is 10.6. The first-order valence-corrected chi connectivity index (χ1v) is 28.9. The van der Waals surface area contributed by atoms with Crippen molar-refractivity contribution in [3.05, 3.63) is 143 Å². The largest absolute Gasteiger partial charge is 0.371 e. The second-order valence-corrected chi connectivity index (χ2v) is 21.3. The van der Waals surface area contributed by atoms with E-state index in [4.69, 9.17) is 28.4 Å². The van der Waals surface area contributed by atoms with Crippen LogP contribution in [0.2, 0.25) is 0 Å². The molecule has 0 radical (unpaired) electrons. The number of carbonyl (C=O) groups excluding carboxylic acids is 1. The van der Waals surface area contributed by atoms with E-state index in [9.17, 15) is 13.6 Å². The van der Waals surface area contributed by atoms with Gasteiger partial charge >= 0.3 is 0 Å². The summed E-state index contributed by atoms with van der Waals surface area (Å²) < 4.78 is 67.3. The summed E-state index contributed by atoms with van der Waals surface area (Å²) in [6.07, 6.45) is 22.9. The Morgan fingerprint density at radius 3 is 1.77 bits per heavy atom. The van der Waals surface area contributed by atoms with E-state index in [1.807, 2.05) is 66.7 Å². The van der Waals surface area contributed by atoms with Crippen molar-refractivity contribution in [2.45, 2.75) is 225 Å². The fraction of sp³-hybridized carbons (Fsp3) is 0.609. The van der Waals surface area contributed by atoms with E-state index >= 15 is 0 Å². The Hall–Kier alpha value is -4.03. The molecule has 4 aromatic carbocycles. The van der Waals surface area contributed by atoms with Crippen molar-refractivity contribution in [3.8, 4) is 0 Å². The van der Waals surface area contributed by atoms with Gasteiger partial charge in [0, 0.05) is 17.9 Å². The summed E-state index contributed by atoms with van der Waals surface area (Å²) in [5.74, 6) is -1.49. The van der Waals surface area contributed by atoms with Gasteiger partial charge in [-0.2, -0.15) is 0 Å². The Kier molecular flexibility index (Phi) is 27.7. The monoisotopic (exact) mass is 1020 g/mol. The van der Waals surface area contributed by atoms with E-state index in [-0.39, 0.29) is 42.7 Å². The summed E-state index contributed by atoms with van der Waals surface area (Å²) in [5.41, 5.74) is 3.97. The molecule has 1 N–H and O–H groups in total. The average molecular weight is 1020 g/mol. The molecule has 0 aliphatic carbocycles. The molecule has 0 spiro atoms. The van der Waals surface area contributed by atoms with Gasteiger partial charge in [0.2, 0.25) is 5.91 Å². The summed E-state index contributed by atoms with van der Waals surface area (Å²) in [5, 5.41) is 3.45. The second kappa shape index (κ2) is 34.6. The molecule has 10 heteroatoms. The van der Waals surface area contributed by atoms with Crippen molar-refractivity contribution < 1.29 is 42.0 Å². The third kappa shape index (κ3) is 21.2. The van der Waals surface area contributed by atoms with Crippen LogP contribution in [0.15, 0.2) is 109 Å². The van der Waals surface area contributed by atoms with Crippen LogP contribution in [0.1, 0.15) is 191 Å². The quantitative estimate of drug-likeness (QED) is 0.0451. The lowest BCUT2D eigenvalue weighted by Crippen LogP contribution is -2.57. The number of benzene rings is 4. The molecule has 6 rings (SSSR count). The van der Waals surface area contributed by atoms with E-state index in [1.54, 1.807) is 6.07 Å². The Morgan fingerprint density at radius 2 is 1.16 bits per heavy atom. The van der Waals surface area contributed by atoms with Gasteiger partial charge in [-0.1, -0.05) is 233 Å². The molecular weight excluding hydrogens is 933 g/mol. The van der Waals surface area contributed by atoms with E-state index in [2.05, 4.69) is 50.4 Å². The minimum absolute atomic E-state index is 0.00336. The van der Waals surface area contributed by atoms with Crippen LogP contribution in [0.3, 0.4) is 0 Å². The van der Waals surface area contributed by atoms with Gasteiger partial charge in [-0.25, -0.2) is 8.78 Å². The van der Waals surface area contributed by atoms with Crippen molar-refractivity contribution in [1.82, 2.24) is 5.32 Å². The van der Waals surface area contributed by atoms with Gasteiger partial charge in [-0.3, -0.25) is 4.79 Å². The SMILES string of the molecule is CCCCCCCCCCCCCC[C@@H](OCc1ccccc1)[C@@H](OCc1ccccc1)[C@H](CO[C@H]1OC2COC(c3ccccc3)O[C@@H]2[C@H](C)C1C)NC(=O)CCCCCCCCCCc1ccc(F)c(F)c1. The lowest BCUT2D eigenvalue weighted by atomic mass is 9.84. The Bertz CT molecular complexity index is 2080. The summed E-state index contributed by atoms with van der Waals surface area (Å²) >= 11 is 0. The molecule has 2 fully saturated rings. The minimum atomic E-state index is -0.799. The molecule has 1 amide bonds. The molecule has 0 bridgehead atoms. The van der Waals surface area contributed by atoms with Crippen LogP contribution < -0.4 is 5.32 Å². The number of aryl methyl sites for hydroxylation is 1. The lowest BCUT2D eigenvalue weighted by molar-refractivity contribution is -0.343. The Balaban J connectivity index is 1.10. The zero-order valence-electron chi connectivity index (χ0n) is 45.3. The van der Waals surface area contributed by atoms with Crippen LogP contribution in [-0.2, 0) is 52.9 Å². The smallest absolute Gasteiger partial charge is 0.220 e. The number of amides is 1. The number of halogens is 2. The van der Waals surface area contributed by atoms with Gasteiger partial charge in [-0.15, -0.1) is 0 Å². The number of nitrogens with one attached hydrogen (secondary N) is 1. The van der Waals surface area contributed by atoms with Crippen LogP contribution in [0.4, 0.5) is 8.78 Å². The van der Waals surface area contributed by atoms with Gasteiger partial charge < -0.3 is 33.7 Å². The van der Waals surface area contributed by atoms with E-state index in [0.29, 0.717) is 26.2 Å². The van der Waals surface area contributed by atoms with Crippen molar-refractivity contribution >= 4 is 5.91 Å². The van der Waals surface area contributed by atoms with E-state index in [1.165, 1.54) is 76.3 Å². The molecule has 3 unspecified atom stereocenters. The molecule has 8 nitrogen and oxygen atoms in total. The van der Waals surface area contributed by atoms with Crippen LogP contribution >= 0.6 is 0 Å². The third-order valence-electron chi connectivity index (χ3n) is 15.3. The summed E-state index contributed by atoms with van der Waals surface area (Å²) in [4.78, 5) is 14.2. The highest BCUT2D eigenvalue weighted by Crippen LogP contribution is 2.40. The number of hydrogen-bond acceptors (Lipinski definition) is 7. The van der Waals surface area contributed by atoms with E-state index < -0.39 is 36.4 Å². The molecule has 4 aromatic rings. The lowest BCUT2D eigenvalue weighted by Gasteiger charge is -2.48. The molecule has 2 aliphatic rings. The molecule has 74 heavy (non-hydrogen) atoms. The highest BCUT2D eigenvalue weighted by molar-refractivity contribution is 5.76. The summed E-state index contributed by atoms with van der Waals surface area (Å²) in [6.45, 7) is 8.00. The molecule has 2 aliphatic heterocycles. The molecule has 0 aromatic heterocycles. The first kappa shape index (κ1) is 59.2. The van der Waals surface area contributed by atoms with Crippen LogP contribution in [-0.4, -0.2) is 55.9 Å². The van der Waals surface area contributed by atoms with Gasteiger partial charge in [0.15, 0.2) is 24.2 Å². The van der Waals surface area contributed by atoms with Crippen LogP contribution in [0, 0.1) is 23.5 Å². The molecule has 9 atom stereocenters. The van der Waals surface area contributed by atoms with E-state index in [0.717, 1.165) is 99.3 Å². The molecule has 2 heterocycles. The Labute approximate surface area is 444 Å². The molecule has 0 saturated carbocycles.